The molecule has 2 aromatic carbocycles. The number of carbonyl (C=O) groups excluding carboxylic acids is 1. The number of nitrogens with one attached hydrogen (secondary N) is 3. The number of furan rings is 1. The summed E-state index contributed by atoms with van der Waals surface area (Å²) in [6, 6.07) is 18.4. The summed E-state index contributed by atoms with van der Waals surface area (Å²) in [7, 11) is 0. The molecule has 0 saturated carbocycles. The molecule has 5 nitrogen and oxygen atoms in total. The van der Waals surface area contributed by atoms with E-state index in [0.29, 0.717) is 10.8 Å². The highest BCUT2D eigenvalue weighted by Crippen LogP contribution is 2.28. The minimum Gasteiger partial charge on any atom is -0.451 e. The van der Waals surface area contributed by atoms with Gasteiger partial charge in [-0.2, -0.15) is 0 Å². The molecule has 0 bridgehead atoms. The third-order valence-electron chi connectivity index (χ3n) is 3.91. The van der Waals surface area contributed by atoms with E-state index in [4.69, 9.17) is 28.2 Å². The summed E-state index contributed by atoms with van der Waals surface area (Å²) in [6.07, 6.45) is 0.870. The van der Waals surface area contributed by atoms with Crippen molar-refractivity contribution in [1.82, 2.24) is 10.9 Å². The first-order valence-electron chi connectivity index (χ1n) is 8.38. The molecule has 0 spiro atoms. The zero-order valence-electron chi connectivity index (χ0n) is 14.6. The Morgan fingerprint density at radius 1 is 1.04 bits per heavy atom. The average molecular weight is 400 g/mol. The monoisotopic (exact) mass is 399 g/mol. The Bertz CT molecular complexity index is 971. The average Bonchev–Trinajstić information content (AvgIpc) is 3.17. The molecule has 3 N–H and O–H groups in total. The maximum absolute atomic E-state index is 12.3. The molecule has 7 heteroatoms. The fourth-order valence-corrected chi connectivity index (χ4v) is 2.93. The van der Waals surface area contributed by atoms with Crippen molar-refractivity contribution in [3.63, 3.8) is 0 Å². The van der Waals surface area contributed by atoms with Gasteiger partial charge >= 0.3 is 5.91 Å². The number of rotatable bonds is 4. The largest absolute Gasteiger partial charge is 0.451 e. The van der Waals surface area contributed by atoms with Crippen molar-refractivity contribution in [1.29, 1.82) is 0 Å². The summed E-state index contributed by atoms with van der Waals surface area (Å²) in [5.74, 6) is 0.221. The first kappa shape index (κ1) is 18.9. The molecule has 0 radical (unpaired) electrons. The number of carbonyl (C=O) groups is 1. The summed E-state index contributed by atoms with van der Waals surface area (Å²) in [4.78, 5) is 12.3. The summed E-state index contributed by atoms with van der Waals surface area (Å²) in [5.41, 5.74) is 7.94. The lowest BCUT2D eigenvalue weighted by Gasteiger charge is -2.13. The van der Waals surface area contributed by atoms with Gasteiger partial charge in [-0.1, -0.05) is 48.9 Å². The smallest absolute Gasteiger partial charge is 0.305 e. The van der Waals surface area contributed by atoms with E-state index >= 15 is 0 Å². The van der Waals surface area contributed by atoms with Crippen molar-refractivity contribution in [2.24, 2.45) is 0 Å². The Balaban J connectivity index is 1.60. The van der Waals surface area contributed by atoms with Crippen LogP contribution < -0.4 is 16.2 Å². The number of aryl methyl sites for hydroxylation is 1. The Labute approximate surface area is 167 Å². The van der Waals surface area contributed by atoms with Crippen molar-refractivity contribution in [2.45, 2.75) is 13.3 Å². The second-order valence-electron chi connectivity index (χ2n) is 5.69. The zero-order valence-corrected chi connectivity index (χ0v) is 16.2. The minimum atomic E-state index is -0.443. The van der Waals surface area contributed by atoms with E-state index in [1.165, 1.54) is 0 Å². The van der Waals surface area contributed by atoms with Crippen LogP contribution in [0.15, 0.2) is 65.1 Å². The Morgan fingerprint density at radius 3 is 2.56 bits per heavy atom. The van der Waals surface area contributed by atoms with Crippen molar-refractivity contribution in [2.75, 3.05) is 5.32 Å². The van der Waals surface area contributed by atoms with Crippen molar-refractivity contribution in [3.05, 3.63) is 77.0 Å². The van der Waals surface area contributed by atoms with Crippen LogP contribution in [-0.2, 0) is 6.42 Å². The molecule has 1 amide bonds. The molecule has 3 aromatic rings. The van der Waals surface area contributed by atoms with Crippen LogP contribution in [0.4, 0.5) is 5.69 Å². The third-order valence-corrected chi connectivity index (χ3v) is 4.44. The first-order chi connectivity index (χ1) is 13.1. The Kier molecular flexibility index (Phi) is 6.11. The predicted octanol–water partition coefficient (Wildman–Crippen LogP) is 4.79. The maximum Gasteiger partial charge on any atom is 0.305 e. The van der Waals surface area contributed by atoms with Crippen molar-refractivity contribution < 1.29 is 9.21 Å². The standard InChI is InChI=1S/C20H18ClN3O2S/c1-2-13-7-3-6-10-16(13)22-20(27)24-23-19(25)18-12-11-17(26-18)14-8-4-5-9-15(14)21/h3-12H,2H2,1H3,(H,23,25)(H2,22,24,27). The highest BCUT2D eigenvalue weighted by molar-refractivity contribution is 7.80. The van der Waals surface area contributed by atoms with E-state index in [0.717, 1.165) is 23.2 Å². The number of hydrogen-bond acceptors (Lipinski definition) is 3. The molecule has 0 unspecified atom stereocenters. The van der Waals surface area contributed by atoms with Gasteiger partial charge in [0.25, 0.3) is 0 Å². The SMILES string of the molecule is CCc1ccccc1NC(=S)NNC(=O)c1ccc(-c2ccccc2Cl)o1. The van der Waals surface area contributed by atoms with Gasteiger partial charge in [-0.05, 0) is 54.5 Å². The van der Waals surface area contributed by atoms with Gasteiger partial charge in [-0.15, -0.1) is 0 Å². The first-order valence-corrected chi connectivity index (χ1v) is 9.17. The van der Waals surface area contributed by atoms with Gasteiger partial charge in [0.1, 0.15) is 5.76 Å². The van der Waals surface area contributed by atoms with E-state index in [1.807, 2.05) is 42.5 Å². The quantitative estimate of drug-likeness (QED) is 0.434. The van der Waals surface area contributed by atoms with E-state index in [2.05, 4.69) is 23.1 Å². The summed E-state index contributed by atoms with van der Waals surface area (Å²) in [6.45, 7) is 2.06. The molecule has 0 aliphatic rings. The lowest BCUT2D eigenvalue weighted by atomic mass is 10.1. The van der Waals surface area contributed by atoms with Crippen LogP contribution in [-0.4, -0.2) is 11.0 Å². The fourth-order valence-electron chi connectivity index (χ4n) is 2.54. The highest BCUT2D eigenvalue weighted by atomic mass is 35.5. The molecular weight excluding hydrogens is 382 g/mol. The van der Waals surface area contributed by atoms with Gasteiger partial charge in [0.15, 0.2) is 10.9 Å². The topological polar surface area (TPSA) is 66.3 Å². The number of thiocarbonyl (C=S) groups is 1. The molecule has 1 heterocycles. The fraction of sp³-hybridized carbons (Fsp3) is 0.100. The lowest BCUT2D eigenvalue weighted by Crippen LogP contribution is -2.43. The molecule has 3 rings (SSSR count). The predicted molar refractivity (Wildman–Crippen MR) is 112 cm³/mol. The number of para-hydroxylation sites is 1. The van der Waals surface area contributed by atoms with Gasteiger partial charge in [0.05, 0.1) is 5.02 Å². The number of hydrogen-bond donors (Lipinski definition) is 3. The van der Waals surface area contributed by atoms with Gasteiger partial charge in [-0.3, -0.25) is 15.6 Å². The molecule has 27 heavy (non-hydrogen) atoms. The van der Waals surface area contributed by atoms with Crippen LogP contribution in [0.25, 0.3) is 11.3 Å². The molecule has 138 valence electrons. The lowest BCUT2D eigenvalue weighted by molar-refractivity contribution is 0.0917. The van der Waals surface area contributed by atoms with E-state index in [1.54, 1.807) is 18.2 Å². The third kappa shape index (κ3) is 4.67. The van der Waals surface area contributed by atoms with E-state index in [-0.39, 0.29) is 10.9 Å². The number of anilines is 1. The zero-order chi connectivity index (χ0) is 19.2. The van der Waals surface area contributed by atoms with Crippen molar-refractivity contribution in [3.8, 4) is 11.3 Å². The van der Waals surface area contributed by atoms with Crippen LogP contribution >= 0.6 is 23.8 Å². The summed E-state index contributed by atoms with van der Waals surface area (Å²) in [5, 5.41) is 3.90. The maximum atomic E-state index is 12.3. The Hall–Kier alpha value is -2.83. The molecule has 0 saturated heterocycles. The normalized spacial score (nSPS) is 10.3. The van der Waals surface area contributed by atoms with Crippen LogP contribution in [0, 0.1) is 0 Å². The number of hydrazine groups is 1. The summed E-state index contributed by atoms with van der Waals surface area (Å²) < 4.78 is 5.60. The van der Waals surface area contributed by atoms with Gasteiger partial charge in [0, 0.05) is 11.3 Å². The molecule has 0 aliphatic heterocycles. The summed E-state index contributed by atoms with van der Waals surface area (Å²) >= 11 is 11.4. The minimum absolute atomic E-state index is 0.147. The second kappa shape index (κ2) is 8.70. The van der Waals surface area contributed by atoms with Crippen molar-refractivity contribution >= 4 is 40.5 Å². The molecular formula is C20H18ClN3O2S. The van der Waals surface area contributed by atoms with Gasteiger partial charge in [-0.25, -0.2) is 0 Å². The molecule has 1 aromatic heterocycles. The van der Waals surface area contributed by atoms with E-state index in [9.17, 15) is 4.79 Å². The van der Waals surface area contributed by atoms with Crippen LogP contribution in [0.2, 0.25) is 5.02 Å². The number of amides is 1. The van der Waals surface area contributed by atoms with Crippen LogP contribution in [0.3, 0.4) is 0 Å². The van der Waals surface area contributed by atoms with E-state index < -0.39 is 5.91 Å². The van der Waals surface area contributed by atoms with Gasteiger partial charge < -0.3 is 9.73 Å². The Morgan fingerprint density at radius 2 is 1.78 bits per heavy atom. The molecule has 0 atom stereocenters. The van der Waals surface area contributed by atoms with Gasteiger partial charge in [0.2, 0.25) is 0 Å². The highest BCUT2D eigenvalue weighted by Gasteiger charge is 2.14. The number of benzene rings is 2. The number of halogens is 1. The van der Waals surface area contributed by atoms with Crippen LogP contribution in [0.1, 0.15) is 23.0 Å². The molecule has 0 fully saturated rings. The molecule has 0 aliphatic carbocycles. The van der Waals surface area contributed by atoms with Crippen LogP contribution in [0.5, 0.6) is 0 Å². The second-order valence-corrected chi connectivity index (χ2v) is 6.50.